The van der Waals surface area contributed by atoms with Gasteiger partial charge in [-0.15, -0.1) is 15.3 Å². The Bertz CT molecular complexity index is 3330. The number of nitrogens with one attached hydrogen (secondary N) is 1. The monoisotopic (exact) mass is 938 g/mol. The molecule has 11 N–H and O–H groups in total. The van der Waals surface area contributed by atoms with E-state index in [1.165, 1.54) is 48.5 Å². The number of rotatable bonds is 14. The van der Waals surface area contributed by atoms with Crippen LogP contribution in [0.15, 0.2) is 147 Å². The summed E-state index contributed by atoms with van der Waals surface area (Å²) in [6, 6.07) is 19.9. The second kappa shape index (κ2) is 17.4. The van der Waals surface area contributed by atoms with Gasteiger partial charge in [-0.3, -0.25) is 13.8 Å². The van der Waals surface area contributed by atoms with Crippen molar-refractivity contribution in [2.45, 2.75) is 26.5 Å². The largest absolute Gasteiger partial charge is 0.505 e. The first-order valence-corrected chi connectivity index (χ1v) is 23.6. The van der Waals surface area contributed by atoms with Crippen molar-refractivity contribution in [3.63, 3.8) is 0 Å². The molecule has 0 saturated heterocycles. The first-order chi connectivity index (χ1) is 29.5. The van der Waals surface area contributed by atoms with E-state index in [9.17, 15) is 47.9 Å². The molecule has 0 aromatic heterocycles. The van der Waals surface area contributed by atoms with E-state index in [2.05, 4.69) is 35.4 Å². The normalized spacial score (nSPS) is 12.8. The Balaban J connectivity index is 1.28. The minimum atomic E-state index is -5.30. The van der Waals surface area contributed by atoms with E-state index in [0.717, 1.165) is 29.8 Å². The van der Waals surface area contributed by atoms with E-state index in [1.807, 2.05) is 0 Å². The second-order valence-corrected chi connectivity index (χ2v) is 19.9. The van der Waals surface area contributed by atoms with E-state index in [4.69, 9.17) is 22.3 Å². The van der Waals surface area contributed by atoms with Gasteiger partial charge in [-0.1, -0.05) is 0 Å². The number of nitrogens with zero attached hydrogens (tertiary/aromatic N) is 6. The van der Waals surface area contributed by atoms with Gasteiger partial charge in [0.25, 0.3) is 30.3 Å². The molecule has 6 aromatic carbocycles. The SMILES string of the molecule is Cc1cc(N=Nc2ccc(NS(=O)(=O)c3ccc(N=Nc4cc(S(=O)(=O)O)c5cc(S(=O)(=O)O)c(N=Nc6ccc(S(=O)(=O)CCO)cc6)c(O)c5c4N)cc3)cc2)c(N)cc1N. The van der Waals surface area contributed by atoms with Gasteiger partial charge in [-0.2, -0.15) is 32.2 Å². The highest BCUT2D eigenvalue weighted by molar-refractivity contribution is 7.92. The van der Waals surface area contributed by atoms with Crippen molar-refractivity contribution in [2.24, 2.45) is 30.7 Å². The van der Waals surface area contributed by atoms with Crippen molar-refractivity contribution in [1.82, 2.24) is 0 Å². The number of aryl methyl sites for hydroxylation is 1. The summed E-state index contributed by atoms with van der Waals surface area (Å²) < 4.78 is 123. The summed E-state index contributed by atoms with van der Waals surface area (Å²) in [7, 11) is -18.5. The number of aliphatic hydroxyl groups is 1. The molecule has 0 amide bonds. The van der Waals surface area contributed by atoms with Crippen LogP contribution in [0.5, 0.6) is 5.75 Å². The van der Waals surface area contributed by atoms with Gasteiger partial charge in [0.05, 0.1) is 56.0 Å². The minimum absolute atomic E-state index is 0.0177. The van der Waals surface area contributed by atoms with Crippen LogP contribution in [0.25, 0.3) is 10.8 Å². The van der Waals surface area contributed by atoms with E-state index in [-0.39, 0.29) is 26.9 Å². The number of sulfonamides is 1. The number of nitrogen functional groups attached to an aromatic ring is 3. The number of azo groups is 3. The number of aromatic hydroxyl groups is 1. The lowest BCUT2D eigenvalue weighted by Crippen LogP contribution is -2.12. The third-order valence-corrected chi connectivity index (χ3v) is 13.8. The summed E-state index contributed by atoms with van der Waals surface area (Å²) in [4.78, 5) is -2.54. The summed E-state index contributed by atoms with van der Waals surface area (Å²) in [5.74, 6) is -1.69. The lowest BCUT2D eigenvalue weighted by molar-refractivity contribution is 0.319. The maximum Gasteiger partial charge on any atom is 0.296 e. The number of fused-ring (bicyclic) bond motifs is 1. The second-order valence-electron chi connectivity index (χ2n) is 13.3. The molecule has 6 rings (SSSR count). The standard InChI is InChI=1S/C37H34N10O12S4/c1-20-16-30(29(39)18-28(20)38)44-41-21-2-4-24(5-3-21)47-61(52,53)26-12-8-22(9-13-26)42-45-31-19-32(62(54,55)56)27-17-33(63(57,58)59)36(37(49)34(27)35(31)40)46-43-23-6-10-25(11-7-23)60(50,51)15-14-48/h2-13,16-19,47-49H,14-15,38-40H2,1H3,(H,54,55,56)(H,57,58,59). The Morgan fingerprint density at radius 3 is 1.63 bits per heavy atom. The van der Waals surface area contributed by atoms with Crippen molar-refractivity contribution in [1.29, 1.82) is 0 Å². The molecule has 0 bridgehead atoms. The Morgan fingerprint density at radius 1 is 0.587 bits per heavy atom. The Hall–Kier alpha value is -6.94. The fourth-order valence-corrected chi connectivity index (χ4v) is 9.14. The van der Waals surface area contributed by atoms with Crippen LogP contribution in [-0.4, -0.2) is 65.3 Å². The lowest BCUT2D eigenvalue weighted by Gasteiger charge is -2.14. The molecule has 0 unspecified atom stereocenters. The maximum absolute atomic E-state index is 13.2. The van der Waals surface area contributed by atoms with Crippen LogP contribution in [0.2, 0.25) is 0 Å². The van der Waals surface area contributed by atoms with E-state index in [0.29, 0.717) is 34.9 Å². The predicted octanol–water partition coefficient (Wildman–Crippen LogP) is 6.91. The molecule has 0 spiro atoms. The number of hydrogen-bond acceptors (Lipinski definition) is 19. The first kappa shape index (κ1) is 45.6. The predicted molar refractivity (Wildman–Crippen MR) is 231 cm³/mol. The molecule has 0 fully saturated rings. The Morgan fingerprint density at radius 2 is 1.10 bits per heavy atom. The van der Waals surface area contributed by atoms with Crippen LogP contribution < -0.4 is 21.9 Å². The summed E-state index contributed by atoms with van der Waals surface area (Å²) in [6.45, 7) is 1.16. The lowest BCUT2D eigenvalue weighted by atomic mass is 10.0. The van der Waals surface area contributed by atoms with Crippen molar-refractivity contribution in [2.75, 3.05) is 34.3 Å². The molecule has 0 aliphatic heterocycles. The molecule has 0 aliphatic rings. The molecule has 22 nitrogen and oxygen atoms in total. The Labute approximate surface area is 359 Å². The maximum atomic E-state index is 13.2. The summed E-state index contributed by atoms with van der Waals surface area (Å²) in [6.07, 6.45) is 0. The average molecular weight is 939 g/mol. The highest BCUT2D eigenvalue weighted by Crippen LogP contribution is 2.48. The van der Waals surface area contributed by atoms with E-state index in [1.54, 1.807) is 19.1 Å². The number of aliphatic hydroxyl groups excluding tert-OH is 1. The highest BCUT2D eigenvalue weighted by atomic mass is 32.2. The molecule has 63 heavy (non-hydrogen) atoms. The van der Waals surface area contributed by atoms with Crippen LogP contribution in [0.1, 0.15) is 5.56 Å². The molecular weight excluding hydrogens is 905 g/mol. The first-order valence-electron chi connectivity index (χ1n) is 17.6. The van der Waals surface area contributed by atoms with E-state index < -0.39 is 95.8 Å². The highest BCUT2D eigenvalue weighted by Gasteiger charge is 2.28. The number of hydrogen-bond donors (Lipinski definition) is 8. The third kappa shape index (κ3) is 10.2. The van der Waals surface area contributed by atoms with Crippen molar-refractivity contribution in [3.05, 3.63) is 103 Å². The molecule has 328 valence electrons. The van der Waals surface area contributed by atoms with Gasteiger partial charge in [0.2, 0.25) is 0 Å². The number of nitrogens with two attached hydrogens (primary N) is 3. The smallest absolute Gasteiger partial charge is 0.296 e. The molecule has 0 atom stereocenters. The molecule has 0 radical (unpaired) electrons. The molecule has 26 heteroatoms. The van der Waals surface area contributed by atoms with Crippen LogP contribution in [-0.2, 0) is 40.1 Å². The number of phenolic OH excluding ortho intramolecular Hbond substituents is 1. The zero-order chi connectivity index (χ0) is 46.1. The molecule has 0 heterocycles. The third-order valence-electron chi connectivity index (χ3n) is 8.92. The van der Waals surface area contributed by atoms with Gasteiger partial charge in [0.15, 0.2) is 15.6 Å². The number of benzene rings is 6. The quantitative estimate of drug-likeness (QED) is 0.0312. The number of phenols is 1. The van der Waals surface area contributed by atoms with Crippen molar-refractivity contribution in [3.8, 4) is 5.75 Å². The average Bonchev–Trinajstić information content (AvgIpc) is 3.20. The van der Waals surface area contributed by atoms with Crippen LogP contribution in [0, 0.1) is 6.92 Å². The van der Waals surface area contributed by atoms with E-state index >= 15 is 0 Å². The summed E-state index contributed by atoms with van der Waals surface area (Å²) >= 11 is 0. The van der Waals surface area contributed by atoms with Crippen LogP contribution in [0.4, 0.5) is 56.9 Å². The van der Waals surface area contributed by atoms with Gasteiger partial charge in [0, 0.05) is 16.8 Å². The topological polar surface area (TPSA) is 382 Å². The molecule has 0 saturated carbocycles. The zero-order valence-corrected chi connectivity index (χ0v) is 35.5. The van der Waals surface area contributed by atoms with Gasteiger partial charge < -0.3 is 27.4 Å². The minimum Gasteiger partial charge on any atom is -0.505 e. The molecule has 6 aromatic rings. The van der Waals surface area contributed by atoms with Gasteiger partial charge >= 0.3 is 0 Å². The fourth-order valence-electron chi connectivity index (χ4n) is 5.70. The Kier molecular flexibility index (Phi) is 12.6. The van der Waals surface area contributed by atoms with Crippen LogP contribution >= 0.6 is 0 Å². The molecular formula is C37H34N10O12S4. The zero-order valence-electron chi connectivity index (χ0n) is 32.3. The van der Waals surface area contributed by atoms with Crippen LogP contribution in [0.3, 0.4) is 0 Å². The van der Waals surface area contributed by atoms with Crippen molar-refractivity contribution >= 4 is 108 Å². The van der Waals surface area contributed by atoms with Gasteiger partial charge in [-0.25, -0.2) is 16.8 Å². The number of anilines is 4. The molecule has 0 aliphatic carbocycles. The van der Waals surface area contributed by atoms with Gasteiger partial charge in [0.1, 0.15) is 26.9 Å². The van der Waals surface area contributed by atoms with Crippen molar-refractivity contribution < 1.29 is 53.0 Å². The number of sulfone groups is 1. The summed E-state index contributed by atoms with van der Waals surface area (Å²) in [5.41, 5.74) is 18.7. The summed E-state index contributed by atoms with van der Waals surface area (Å²) in [5, 5.41) is 42.7. The fraction of sp³-hybridized carbons (Fsp3) is 0.0811. The van der Waals surface area contributed by atoms with Gasteiger partial charge in [-0.05, 0) is 110 Å².